The van der Waals surface area contributed by atoms with Crippen molar-refractivity contribution in [2.45, 2.75) is 18.1 Å². The van der Waals surface area contributed by atoms with E-state index in [1.807, 2.05) is 85.8 Å². The largest absolute Gasteiger partial charge is 0.486 e. The quantitative estimate of drug-likeness (QED) is 0.372. The summed E-state index contributed by atoms with van der Waals surface area (Å²) in [6, 6.07) is 25.3. The van der Waals surface area contributed by atoms with Crippen LogP contribution in [0.5, 0.6) is 11.5 Å². The van der Waals surface area contributed by atoms with Crippen molar-refractivity contribution in [3.8, 4) is 34.0 Å². The zero-order chi connectivity index (χ0) is 24.0. The molecule has 0 radical (unpaired) electrons. The molecule has 35 heavy (non-hydrogen) atoms. The van der Waals surface area contributed by atoms with E-state index in [9.17, 15) is 4.79 Å². The Hall–Kier alpha value is -3.91. The fraction of sp³-hybridized carbons (Fsp3) is 0.185. The van der Waals surface area contributed by atoms with Crippen LogP contribution in [0.25, 0.3) is 22.5 Å². The van der Waals surface area contributed by atoms with Crippen LogP contribution in [-0.2, 0) is 4.79 Å². The molecule has 7 nitrogen and oxygen atoms in total. The molecular formula is C27H24N4O3S. The van der Waals surface area contributed by atoms with Gasteiger partial charge in [-0.15, -0.1) is 10.2 Å². The molecule has 0 unspecified atom stereocenters. The second kappa shape index (κ2) is 10.6. The lowest BCUT2D eigenvalue weighted by Gasteiger charge is -2.21. The average molecular weight is 485 g/mol. The van der Waals surface area contributed by atoms with E-state index >= 15 is 0 Å². The molecule has 0 spiro atoms. The fourth-order valence-electron chi connectivity index (χ4n) is 3.79. The highest BCUT2D eigenvalue weighted by Gasteiger charge is 2.17. The standard InChI is InChI=1S/C27H24N4O3S/c1-18(21-12-13-22-23(16-21)34-15-14-33-22)28-24(32)17-35-27-29-25(19-8-4-2-5-9-19)26(30-31-27)20-10-6-3-7-11-20/h2-13,16,18H,14-15,17H2,1H3,(H,28,32)/t18-/m0/s1. The molecule has 2 heterocycles. The van der Waals surface area contributed by atoms with E-state index in [1.165, 1.54) is 11.8 Å². The first-order valence-electron chi connectivity index (χ1n) is 11.3. The lowest BCUT2D eigenvalue weighted by molar-refractivity contribution is -0.119. The molecule has 4 aromatic rings. The third-order valence-corrected chi connectivity index (χ3v) is 6.38. The van der Waals surface area contributed by atoms with E-state index in [0.29, 0.717) is 29.8 Å². The smallest absolute Gasteiger partial charge is 0.230 e. The number of fused-ring (bicyclic) bond motifs is 1. The maximum Gasteiger partial charge on any atom is 0.230 e. The number of thioether (sulfide) groups is 1. The predicted octanol–water partition coefficient (Wildman–Crippen LogP) is 4.95. The minimum Gasteiger partial charge on any atom is -0.486 e. The second-order valence-electron chi connectivity index (χ2n) is 8.00. The lowest BCUT2D eigenvalue weighted by atomic mass is 10.0. The molecule has 1 aromatic heterocycles. The van der Waals surface area contributed by atoms with Crippen molar-refractivity contribution < 1.29 is 14.3 Å². The minimum absolute atomic E-state index is 0.116. The maximum absolute atomic E-state index is 12.7. The number of ether oxygens (including phenoxy) is 2. The van der Waals surface area contributed by atoms with Crippen molar-refractivity contribution in [2.24, 2.45) is 0 Å². The van der Waals surface area contributed by atoms with Crippen LogP contribution in [0.15, 0.2) is 84.0 Å². The molecule has 176 valence electrons. The number of benzene rings is 3. The van der Waals surface area contributed by atoms with Crippen molar-refractivity contribution in [3.63, 3.8) is 0 Å². The van der Waals surface area contributed by atoms with Gasteiger partial charge < -0.3 is 14.8 Å². The highest BCUT2D eigenvalue weighted by atomic mass is 32.2. The maximum atomic E-state index is 12.7. The van der Waals surface area contributed by atoms with Crippen LogP contribution in [0.3, 0.4) is 0 Å². The van der Waals surface area contributed by atoms with Crippen LogP contribution in [0.4, 0.5) is 0 Å². The van der Waals surface area contributed by atoms with Gasteiger partial charge in [-0.25, -0.2) is 4.98 Å². The topological polar surface area (TPSA) is 86.2 Å². The van der Waals surface area contributed by atoms with E-state index in [1.54, 1.807) is 0 Å². The van der Waals surface area contributed by atoms with Gasteiger partial charge >= 0.3 is 0 Å². The van der Waals surface area contributed by atoms with Gasteiger partial charge in [0.2, 0.25) is 11.1 Å². The Balaban J connectivity index is 1.28. The van der Waals surface area contributed by atoms with Gasteiger partial charge in [0.1, 0.15) is 24.6 Å². The molecule has 5 rings (SSSR count). The van der Waals surface area contributed by atoms with E-state index < -0.39 is 0 Å². The third kappa shape index (κ3) is 5.44. The number of aromatic nitrogens is 3. The van der Waals surface area contributed by atoms with Crippen LogP contribution in [0.2, 0.25) is 0 Å². The summed E-state index contributed by atoms with van der Waals surface area (Å²) in [5, 5.41) is 12.2. The summed E-state index contributed by atoms with van der Waals surface area (Å²) in [6.07, 6.45) is 0. The Morgan fingerprint density at radius 2 is 1.54 bits per heavy atom. The van der Waals surface area contributed by atoms with Crippen LogP contribution in [0, 0.1) is 0 Å². The fourth-order valence-corrected chi connectivity index (χ4v) is 4.38. The normalized spacial score (nSPS) is 13.2. The monoisotopic (exact) mass is 484 g/mol. The van der Waals surface area contributed by atoms with E-state index in [4.69, 9.17) is 14.5 Å². The molecule has 1 N–H and O–H groups in total. The van der Waals surface area contributed by atoms with Gasteiger partial charge in [0, 0.05) is 11.1 Å². The number of carbonyl (C=O) groups is 1. The summed E-state index contributed by atoms with van der Waals surface area (Å²) in [4.78, 5) is 17.4. The van der Waals surface area contributed by atoms with Crippen molar-refractivity contribution in [3.05, 3.63) is 84.4 Å². The SMILES string of the molecule is C[C@H](NC(=O)CSc1nnc(-c2ccccc2)c(-c2ccccc2)n1)c1ccc2c(c1)OCCO2. The molecule has 0 aliphatic carbocycles. The third-order valence-electron chi connectivity index (χ3n) is 5.54. The number of nitrogens with one attached hydrogen (secondary N) is 1. The van der Waals surface area contributed by atoms with E-state index in [2.05, 4.69) is 15.5 Å². The first kappa shape index (κ1) is 22.9. The predicted molar refractivity (Wildman–Crippen MR) is 135 cm³/mol. The van der Waals surface area contributed by atoms with Gasteiger partial charge in [0.15, 0.2) is 11.5 Å². The molecule has 3 aromatic carbocycles. The second-order valence-corrected chi connectivity index (χ2v) is 8.95. The van der Waals surface area contributed by atoms with Gasteiger partial charge in [-0.05, 0) is 24.6 Å². The van der Waals surface area contributed by atoms with Crippen LogP contribution in [0.1, 0.15) is 18.5 Å². The van der Waals surface area contributed by atoms with Crippen molar-refractivity contribution in [1.82, 2.24) is 20.5 Å². The van der Waals surface area contributed by atoms with Crippen LogP contribution in [-0.4, -0.2) is 40.1 Å². The molecule has 0 saturated carbocycles. The molecule has 1 amide bonds. The summed E-state index contributed by atoms with van der Waals surface area (Å²) < 4.78 is 11.2. The minimum atomic E-state index is -0.182. The van der Waals surface area contributed by atoms with E-state index in [0.717, 1.165) is 28.1 Å². The Bertz CT molecular complexity index is 1320. The number of amides is 1. The van der Waals surface area contributed by atoms with Gasteiger partial charge in [0.05, 0.1) is 11.8 Å². The van der Waals surface area contributed by atoms with Crippen LogP contribution < -0.4 is 14.8 Å². The molecule has 0 fully saturated rings. The lowest BCUT2D eigenvalue weighted by Crippen LogP contribution is -2.28. The molecule has 1 aliphatic heterocycles. The van der Waals surface area contributed by atoms with Gasteiger partial charge in [-0.3, -0.25) is 4.79 Å². The average Bonchev–Trinajstić information content (AvgIpc) is 2.92. The summed E-state index contributed by atoms with van der Waals surface area (Å²) in [5.74, 6) is 1.49. The van der Waals surface area contributed by atoms with Crippen molar-refractivity contribution in [2.75, 3.05) is 19.0 Å². The van der Waals surface area contributed by atoms with Gasteiger partial charge in [0.25, 0.3) is 0 Å². The van der Waals surface area contributed by atoms with E-state index in [-0.39, 0.29) is 17.7 Å². The molecule has 1 atom stereocenters. The summed E-state index contributed by atoms with van der Waals surface area (Å²) in [7, 11) is 0. The van der Waals surface area contributed by atoms with Gasteiger partial charge in [-0.1, -0.05) is 78.5 Å². The van der Waals surface area contributed by atoms with Gasteiger partial charge in [-0.2, -0.15) is 0 Å². The molecular weight excluding hydrogens is 460 g/mol. The Kier molecular flexibility index (Phi) is 6.90. The summed E-state index contributed by atoms with van der Waals surface area (Å²) >= 11 is 1.26. The molecule has 1 aliphatic rings. The number of hydrogen-bond donors (Lipinski definition) is 1. The van der Waals surface area contributed by atoms with Crippen molar-refractivity contribution >= 4 is 17.7 Å². The van der Waals surface area contributed by atoms with Crippen molar-refractivity contribution in [1.29, 1.82) is 0 Å². The number of carbonyl (C=O) groups excluding carboxylic acids is 1. The highest BCUT2D eigenvalue weighted by Crippen LogP contribution is 2.33. The highest BCUT2D eigenvalue weighted by molar-refractivity contribution is 7.99. The first-order valence-corrected chi connectivity index (χ1v) is 12.3. The Morgan fingerprint density at radius 1 is 0.886 bits per heavy atom. The Morgan fingerprint density at radius 3 is 2.26 bits per heavy atom. The summed E-state index contributed by atoms with van der Waals surface area (Å²) in [6.45, 7) is 3.01. The first-order chi connectivity index (χ1) is 17.2. The number of rotatable bonds is 7. The number of nitrogens with zero attached hydrogens (tertiary/aromatic N) is 3. The molecule has 8 heteroatoms. The number of hydrogen-bond acceptors (Lipinski definition) is 7. The molecule has 0 saturated heterocycles. The zero-order valence-corrected chi connectivity index (χ0v) is 20.0. The zero-order valence-electron chi connectivity index (χ0n) is 19.2. The van der Waals surface area contributed by atoms with Crippen LogP contribution >= 0.6 is 11.8 Å². The molecule has 0 bridgehead atoms. The summed E-state index contributed by atoms with van der Waals surface area (Å²) in [5.41, 5.74) is 4.27. The Labute approximate surface area is 207 Å².